The van der Waals surface area contributed by atoms with Crippen molar-refractivity contribution in [2.75, 3.05) is 25.9 Å². The largest absolute Gasteiger partial charge is 0.398 e. The highest BCUT2D eigenvalue weighted by atomic mass is 35.5. The van der Waals surface area contributed by atoms with E-state index in [9.17, 15) is 18.0 Å². The van der Waals surface area contributed by atoms with Crippen LogP contribution in [0.15, 0.2) is 47.5 Å². The first-order valence-corrected chi connectivity index (χ1v) is 13.2. The van der Waals surface area contributed by atoms with Crippen LogP contribution < -0.4 is 16.4 Å². The zero-order valence-electron chi connectivity index (χ0n) is 20.3. The number of nitrogens with two attached hydrogens (primary N) is 1. The normalized spacial score (nSPS) is 12.7. The molecule has 0 saturated carbocycles. The van der Waals surface area contributed by atoms with Crippen LogP contribution >= 0.6 is 11.6 Å². The number of para-hydroxylation sites is 1. The van der Waals surface area contributed by atoms with Crippen molar-refractivity contribution in [1.82, 2.24) is 29.5 Å². The van der Waals surface area contributed by atoms with Crippen molar-refractivity contribution in [3.63, 3.8) is 0 Å². The van der Waals surface area contributed by atoms with Gasteiger partial charge in [-0.25, -0.2) is 22.2 Å². The lowest BCUT2D eigenvalue weighted by Crippen LogP contribution is -2.48. The molecular weight excluding hydrogens is 506 g/mol. The van der Waals surface area contributed by atoms with Gasteiger partial charge in [0.15, 0.2) is 5.65 Å². The fraction of sp³-hybridized carbons (Fsp3) is 0.391. The Morgan fingerprint density at radius 1 is 1.19 bits per heavy atom. The van der Waals surface area contributed by atoms with Gasteiger partial charge < -0.3 is 16.4 Å². The number of halogens is 1. The molecule has 36 heavy (non-hydrogen) atoms. The molecule has 0 radical (unpaired) electrons. The highest BCUT2D eigenvalue weighted by Gasteiger charge is 2.25. The topological polar surface area (TPSA) is 152 Å². The minimum absolute atomic E-state index is 0.0423. The average molecular weight is 536 g/mol. The maximum absolute atomic E-state index is 12.8. The summed E-state index contributed by atoms with van der Waals surface area (Å²) in [6.07, 6.45) is 2.22. The van der Waals surface area contributed by atoms with Gasteiger partial charge in [0.25, 0.3) is 5.91 Å². The number of carbonyl (C=O) groups excluding carboxylic acids is 2. The third kappa shape index (κ3) is 6.71. The van der Waals surface area contributed by atoms with Crippen LogP contribution in [0.2, 0.25) is 5.15 Å². The van der Waals surface area contributed by atoms with Crippen LogP contribution in [0.25, 0.3) is 5.65 Å². The van der Waals surface area contributed by atoms with E-state index >= 15 is 0 Å². The summed E-state index contributed by atoms with van der Waals surface area (Å²) in [7, 11) is -2.29. The Hall–Kier alpha value is -3.22. The molecule has 2 heterocycles. The smallest absolute Gasteiger partial charge is 0.272 e. The Morgan fingerprint density at radius 2 is 1.92 bits per heavy atom. The van der Waals surface area contributed by atoms with E-state index in [-0.39, 0.29) is 46.3 Å². The van der Waals surface area contributed by atoms with Crippen molar-refractivity contribution in [3.05, 3.63) is 53.4 Å². The van der Waals surface area contributed by atoms with Crippen LogP contribution in [0.4, 0.5) is 5.69 Å². The first-order chi connectivity index (χ1) is 17.0. The number of anilines is 1. The fourth-order valence-corrected chi connectivity index (χ4v) is 5.01. The minimum atomic E-state index is -3.75. The van der Waals surface area contributed by atoms with Crippen LogP contribution in [0.5, 0.6) is 0 Å². The Labute approximate surface area is 215 Å². The number of nitrogens with one attached hydrogen (secondary N) is 2. The first kappa shape index (κ1) is 27.4. The molecule has 2 amide bonds. The molecule has 0 bridgehead atoms. The average Bonchev–Trinajstić information content (AvgIpc) is 3.24. The fourth-order valence-electron chi connectivity index (χ4n) is 3.54. The van der Waals surface area contributed by atoms with Gasteiger partial charge in [0, 0.05) is 20.1 Å². The van der Waals surface area contributed by atoms with Gasteiger partial charge >= 0.3 is 0 Å². The number of amides is 2. The third-order valence-electron chi connectivity index (χ3n) is 5.41. The van der Waals surface area contributed by atoms with Gasteiger partial charge in [-0.3, -0.25) is 9.59 Å². The lowest BCUT2D eigenvalue weighted by molar-refractivity contribution is -0.123. The van der Waals surface area contributed by atoms with Crippen LogP contribution in [0.3, 0.4) is 0 Å². The summed E-state index contributed by atoms with van der Waals surface area (Å²) in [5.74, 6) is -0.737. The Bertz CT molecular complexity index is 1340. The van der Waals surface area contributed by atoms with E-state index in [1.807, 2.05) is 13.8 Å². The number of carbonyl (C=O) groups is 2. The molecule has 0 spiro atoms. The zero-order valence-corrected chi connectivity index (χ0v) is 21.9. The zero-order chi connectivity index (χ0) is 26.5. The summed E-state index contributed by atoms with van der Waals surface area (Å²) in [5, 5.41) is 9.83. The highest BCUT2D eigenvalue weighted by molar-refractivity contribution is 7.89. The molecule has 13 heteroatoms. The van der Waals surface area contributed by atoms with Gasteiger partial charge in [-0.1, -0.05) is 37.6 Å². The van der Waals surface area contributed by atoms with E-state index in [1.165, 1.54) is 34.2 Å². The number of nitrogen functional groups attached to an aromatic ring is 1. The highest BCUT2D eigenvalue weighted by Crippen LogP contribution is 2.20. The van der Waals surface area contributed by atoms with E-state index < -0.39 is 22.0 Å². The number of hydrogen-bond acceptors (Lipinski definition) is 7. The molecule has 0 aliphatic rings. The molecule has 2 aromatic heterocycles. The van der Waals surface area contributed by atoms with Crippen molar-refractivity contribution >= 4 is 44.8 Å². The predicted molar refractivity (Wildman–Crippen MR) is 137 cm³/mol. The van der Waals surface area contributed by atoms with Gasteiger partial charge in [0.2, 0.25) is 15.9 Å². The van der Waals surface area contributed by atoms with Gasteiger partial charge in [-0.2, -0.15) is 5.10 Å². The van der Waals surface area contributed by atoms with Gasteiger partial charge in [-0.15, -0.1) is 0 Å². The second-order valence-corrected chi connectivity index (χ2v) is 11.2. The third-order valence-corrected chi connectivity index (χ3v) is 7.54. The van der Waals surface area contributed by atoms with Crippen molar-refractivity contribution in [2.45, 2.75) is 37.6 Å². The molecule has 4 N–H and O–H groups in total. The predicted octanol–water partition coefficient (Wildman–Crippen LogP) is 1.94. The minimum Gasteiger partial charge on any atom is -0.398 e. The Kier molecular flexibility index (Phi) is 8.88. The first-order valence-electron chi connectivity index (χ1n) is 11.4. The molecule has 0 aliphatic heterocycles. The lowest BCUT2D eigenvalue weighted by atomic mass is 10.0. The van der Waals surface area contributed by atoms with Crippen LogP contribution in [-0.4, -0.2) is 65.3 Å². The number of hydrogen-bond donors (Lipinski definition) is 3. The standard InChI is InChI=1S/C23H30ClN7O4S/c1-15(2)13-17(28-23(33)18-14-31-21(27-18)10-9-20(24)29-31)22(32)26-11-6-12-30(3)36(34,35)19-8-5-4-7-16(19)25/h4-5,7-10,14-15,17H,6,11-13,25H2,1-3H3,(H,26,32)(H,28,33)/t17-/m0/s1. The lowest BCUT2D eigenvalue weighted by Gasteiger charge is -2.21. The quantitative estimate of drug-likeness (QED) is 0.250. The van der Waals surface area contributed by atoms with Crippen LogP contribution in [0.1, 0.15) is 37.2 Å². The van der Waals surface area contributed by atoms with Crippen molar-refractivity contribution < 1.29 is 18.0 Å². The van der Waals surface area contributed by atoms with E-state index in [1.54, 1.807) is 24.3 Å². The number of benzene rings is 1. The SMILES string of the molecule is CC(C)C[C@H](NC(=O)c1cn2nc(Cl)ccc2n1)C(=O)NCCCN(C)S(=O)(=O)c1ccccc1N. The maximum Gasteiger partial charge on any atom is 0.272 e. The molecule has 0 unspecified atom stereocenters. The molecule has 1 atom stereocenters. The van der Waals surface area contributed by atoms with Gasteiger partial charge in [0.1, 0.15) is 21.8 Å². The molecule has 0 fully saturated rings. The van der Waals surface area contributed by atoms with Gasteiger partial charge in [-0.05, 0) is 43.0 Å². The molecule has 0 aliphatic carbocycles. The second kappa shape index (κ2) is 11.7. The molecule has 1 aromatic carbocycles. The number of sulfonamides is 1. The summed E-state index contributed by atoms with van der Waals surface area (Å²) in [6, 6.07) is 8.67. The number of imidazole rings is 1. The number of aromatic nitrogens is 3. The van der Waals surface area contributed by atoms with Crippen molar-refractivity contribution in [1.29, 1.82) is 0 Å². The molecular formula is C23H30ClN7O4S. The second-order valence-electron chi connectivity index (χ2n) is 8.75. The summed E-state index contributed by atoms with van der Waals surface area (Å²) in [5.41, 5.74) is 6.54. The Morgan fingerprint density at radius 3 is 2.61 bits per heavy atom. The van der Waals surface area contributed by atoms with Crippen LogP contribution in [0, 0.1) is 5.92 Å². The maximum atomic E-state index is 12.8. The number of rotatable bonds is 11. The summed E-state index contributed by atoms with van der Waals surface area (Å²) >= 11 is 5.88. The van der Waals surface area contributed by atoms with Crippen molar-refractivity contribution in [3.8, 4) is 0 Å². The monoisotopic (exact) mass is 535 g/mol. The van der Waals surface area contributed by atoms with E-state index in [2.05, 4.69) is 20.7 Å². The summed E-state index contributed by atoms with van der Waals surface area (Å²) in [6.45, 7) is 4.29. The van der Waals surface area contributed by atoms with E-state index in [0.29, 0.717) is 18.5 Å². The molecule has 3 aromatic rings. The molecule has 194 valence electrons. The summed E-state index contributed by atoms with van der Waals surface area (Å²) < 4.78 is 28.1. The van der Waals surface area contributed by atoms with Crippen molar-refractivity contribution in [2.24, 2.45) is 5.92 Å². The Balaban J connectivity index is 1.57. The molecule has 0 saturated heterocycles. The summed E-state index contributed by atoms with van der Waals surface area (Å²) in [4.78, 5) is 29.9. The molecule has 11 nitrogen and oxygen atoms in total. The van der Waals surface area contributed by atoms with Gasteiger partial charge in [0.05, 0.1) is 11.9 Å². The number of fused-ring (bicyclic) bond motifs is 1. The molecule has 3 rings (SSSR count). The van der Waals surface area contributed by atoms with E-state index in [0.717, 1.165) is 0 Å². The number of nitrogens with zero attached hydrogens (tertiary/aromatic N) is 4. The van der Waals surface area contributed by atoms with E-state index in [4.69, 9.17) is 17.3 Å². The van der Waals surface area contributed by atoms with Crippen LogP contribution in [-0.2, 0) is 14.8 Å².